The van der Waals surface area contributed by atoms with Crippen LogP contribution in [0.5, 0.6) is 0 Å². The Morgan fingerprint density at radius 2 is 1.92 bits per heavy atom. The van der Waals surface area contributed by atoms with Crippen molar-refractivity contribution < 1.29 is 9.59 Å². The maximum absolute atomic E-state index is 12.2. The summed E-state index contributed by atoms with van der Waals surface area (Å²) in [4.78, 5) is 28.6. The Kier molecular flexibility index (Phi) is 7.81. The fourth-order valence-electron chi connectivity index (χ4n) is 2.57. The molecule has 1 aromatic rings. The lowest BCUT2D eigenvalue weighted by atomic mass is 10.1. The number of hydrogen-bond donors (Lipinski definition) is 1. The standard InChI is InChI=1S/C19H25N3O2S2/c1-4-22(5-2)12-6-11-20-17(23)15-9-7-14(8-10-15)13-16-18(24)21(3)19(25)26-16/h7-10,13H,4-6,11-12H2,1-3H3,(H,20,23)/b16-13-. The van der Waals surface area contributed by atoms with Crippen LogP contribution in [0.1, 0.15) is 36.2 Å². The lowest BCUT2D eigenvalue weighted by Gasteiger charge is -2.17. The summed E-state index contributed by atoms with van der Waals surface area (Å²) in [5.41, 5.74) is 1.49. The number of rotatable bonds is 8. The molecule has 2 amide bonds. The first-order valence-electron chi connectivity index (χ1n) is 8.78. The molecule has 7 heteroatoms. The smallest absolute Gasteiger partial charge is 0.265 e. The van der Waals surface area contributed by atoms with Crippen LogP contribution >= 0.6 is 24.0 Å². The molecule has 140 valence electrons. The van der Waals surface area contributed by atoms with Crippen LogP contribution in [0.2, 0.25) is 0 Å². The minimum Gasteiger partial charge on any atom is -0.352 e. The first kappa shape index (κ1) is 20.6. The maximum Gasteiger partial charge on any atom is 0.265 e. The summed E-state index contributed by atoms with van der Waals surface area (Å²) in [5.74, 6) is -0.161. The lowest BCUT2D eigenvalue weighted by Crippen LogP contribution is -2.29. The Morgan fingerprint density at radius 3 is 2.46 bits per heavy atom. The summed E-state index contributed by atoms with van der Waals surface area (Å²) in [6.07, 6.45) is 2.74. The Balaban J connectivity index is 1.88. The van der Waals surface area contributed by atoms with Crippen LogP contribution in [0.4, 0.5) is 0 Å². The fraction of sp³-hybridized carbons (Fsp3) is 0.421. The van der Waals surface area contributed by atoms with Crippen molar-refractivity contribution in [3.63, 3.8) is 0 Å². The summed E-state index contributed by atoms with van der Waals surface area (Å²) in [6.45, 7) is 7.99. The van der Waals surface area contributed by atoms with E-state index in [1.165, 1.54) is 16.7 Å². The molecule has 0 spiro atoms. The Hall–Kier alpha value is -1.70. The van der Waals surface area contributed by atoms with Crippen molar-refractivity contribution in [1.29, 1.82) is 0 Å². The van der Waals surface area contributed by atoms with Gasteiger partial charge in [0.05, 0.1) is 4.91 Å². The number of benzene rings is 1. The average molecular weight is 392 g/mol. The number of amides is 2. The van der Waals surface area contributed by atoms with E-state index < -0.39 is 0 Å². The van der Waals surface area contributed by atoms with Gasteiger partial charge in [0, 0.05) is 19.2 Å². The molecule has 5 nitrogen and oxygen atoms in total. The molecule has 1 heterocycles. The summed E-state index contributed by atoms with van der Waals surface area (Å²) in [6, 6.07) is 7.23. The van der Waals surface area contributed by atoms with Crippen molar-refractivity contribution in [3.05, 3.63) is 40.3 Å². The largest absolute Gasteiger partial charge is 0.352 e. The van der Waals surface area contributed by atoms with Gasteiger partial charge in [0.15, 0.2) is 0 Å². The molecule has 1 N–H and O–H groups in total. The van der Waals surface area contributed by atoms with Crippen molar-refractivity contribution in [2.24, 2.45) is 0 Å². The fourth-order valence-corrected chi connectivity index (χ4v) is 3.75. The first-order valence-corrected chi connectivity index (χ1v) is 10.0. The highest BCUT2D eigenvalue weighted by Crippen LogP contribution is 2.31. The van der Waals surface area contributed by atoms with Crippen molar-refractivity contribution >= 4 is 46.2 Å². The highest BCUT2D eigenvalue weighted by Gasteiger charge is 2.28. The van der Waals surface area contributed by atoms with Gasteiger partial charge in [-0.1, -0.05) is 50.0 Å². The van der Waals surface area contributed by atoms with E-state index in [9.17, 15) is 9.59 Å². The summed E-state index contributed by atoms with van der Waals surface area (Å²) >= 11 is 6.41. The molecular formula is C19H25N3O2S2. The molecule has 1 saturated heterocycles. The number of carbonyl (C=O) groups is 2. The van der Waals surface area contributed by atoms with Crippen LogP contribution in [0.25, 0.3) is 6.08 Å². The van der Waals surface area contributed by atoms with Crippen molar-refractivity contribution in [3.8, 4) is 0 Å². The van der Waals surface area contributed by atoms with E-state index in [0.717, 1.165) is 31.6 Å². The van der Waals surface area contributed by atoms with Crippen LogP contribution in [-0.2, 0) is 4.79 Å². The molecule has 0 bridgehead atoms. The van der Waals surface area contributed by atoms with Crippen molar-refractivity contribution in [2.75, 3.05) is 33.2 Å². The minimum absolute atomic E-state index is 0.0732. The number of nitrogens with one attached hydrogen (secondary N) is 1. The molecule has 0 radical (unpaired) electrons. The van der Waals surface area contributed by atoms with Crippen LogP contribution in [0.3, 0.4) is 0 Å². The van der Waals surface area contributed by atoms with Crippen LogP contribution in [0, 0.1) is 0 Å². The number of nitrogens with zero attached hydrogens (tertiary/aromatic N) is 2. The molecule has 0 aliphatic carbocycles. The normalized spacial score (nSPS) is 16.0. The zero-order valence-corrected chi connectivity index (χ0v) is 17.1. The Bertz CT molecular complexity index is 697. The monoisotopic (exact) mass is 391 g/mol. The average Bonchev–Trinajstić information content (AvgIpc) is 2.89. The van der Waals surface area contributed by atoms with E-state index in [1.807, 2.05) is 12.1 Å². The first-order chi connectivity index (χ1) is 12.5. The summed E-state index contributed by atoms with van der Waals surface area (Å²) < 4.78 is 0.557. The van der Waals surface area contributed by atoms with Gasteiger partial charge >= 0.3 is 0 Å². The molecule has 1 aliphatic rings. The predicted octanol–water partition coefficient (Wildman–Crippen LogP) is 2.98. The third-order valence-electron chi connectivity index (χ3n) is 4.29. The van der Waals surface area contributed by atoms with Gasteiger partial charge in [-0.2, -0.15) is 0 Å². The van der Waals surface area contributed by atoms with E-state index in [1.54, 1.807) is 25.3 Å². The van der Waals surface area contributed by atoms with E-state index in [0.29, 0.717) is 21.3 Å². The summed E-state index contributed by atoms with van der Waals surface area (Å²) in [7, 11) is 1.67. The third kappa shape index (κ3) is 5.40. The zero-order valence-electron chi connectivity index (χ0n) is 15.4. The predicted molar refractivity (Wildman–Crippen MR) is 112 cm³/mol. The minimum atomic E-state index is -0.0879. The second-order valence-corrected chi connectivity index (χ2v) is 7.67. The van der Waals surface area contributed by atoms with Gasteiger partial charge in [0.25, 0.3) is 11.8 Å². The zero-order chi connectivity index (χ0) is 19.1. The molecule has 0 saturated carbocycles. The topological polar surface area (TPSA) is 52.7 Å². The van der Waals surface area contributed by atoms with Crippen LogP contribution < -0.4 is 5.32 Å². The SMILES string of the molecule is CCN(CC)CCCNC(=O)c1ccc(/C=C2\SC(=S)N(C)C2=O)cc1. The van der Waals surface area contributed by atoms with Gasteiger partial charge in [0.2, 0.25) is 0 Å². The quantitative estimate of drug-likeness (QED) is 0.419. The van der Waals surface area contributed by atoms with Gasteiger partial charge in [-0.3, -0.25) is 14.5 Å². The molecule has 26 heavy (non-hydrogen) atoms. The molecule has 1 fully saturated rings. The molecular weight excluding hydrogens is 366 g/mol. The second-order valence-electron chi connectivity index (χ2n) is 6.00. The third-order valence-corrected chi connectivity index (χ3v) is 5.77. The van der Waals surface area contributed by atoms with Crippen LogP contribution in [0.15, 0.2) is 29.2 Å². The van der Waals surface area contributed by atoms with E-state index in [2.05, 4.69) is 24.1 Å². The Labute approximate surface area is 164 Å². The van der Waals surface area contributed by atoms with Crippen molar-refractivity contribution in [2.45, 2.75) is 20.3 Å². The Morgan fingerprint density at radius 1 is 1.27 bits per heavy atom. The van der Waals surface area contributed by atoms with E-state index in [4.69, 9.17) is 12.2 Å². The van der Waals surface area contributed by atoms with E-state index in [-0.39, 0.29) is 11.8 Å². The second kappa shape index (κ2) is 9.85. The summed E-state index contributed by atoms with van der Waals surface area (Å²) in [5, 5.41) is 2.95. The lowest BCUT2D eigenvalue weighted by molar-refractivity contribution is -0.121. The number of thiocarbonyl (C=S) groups is 1. The molecule has 0 unspecified atom stereocenters. The van der Waals surface area contributed by atoms with Crippen molar-refractivity contribution in [1.82, 2.24) is 15.1 Å². The number of carbonyl (C=O) groups excluding carboxylic acids is 2. The van der Waals surface area contributed by atoms with Gasteiger partial charge < -0.3 is 10.2 Å². The number of likely N-dealkylation sites (N-methyl/N-ethyl adjacent to an activating group) is 1. The van der Waals surface area contributed by atoms with Gasteiger partial charge in [-0.05, 0) is 49.8 Å². The van der Waals surface area contributed by atoms with Gasteiger partial charge in [0.1, 0.15) is 4.32 Å². The van der Waals surface area contributed by atoms with E-state index >= 15 is 0 Å². The molecule has 2 rings (SSSR count). The molecule has 0 aromatic heterocycles. The van der Waals surface area contributed by atoms with Gasteiger partial charge in [-0.15, -0.1) is 0 Å². The molecule has 1 aliphatic heterocycles. The number of hydrogen-bond acceptors (Lipinski definition) is 5. The molecule has 1 aromatic carbocycles. The highest BCUT2D eigenvalue weighted by atomic mass is 32.2. The number of thioether (sulfide) groups is 1. The highest BCUT2D eigenvalue weighted by molar-refractivity contribution is 8.26. The van der Waals surface area contributed by atoms with Gasteiger partial charge in [-0.25, -0.2) is 0 Å². The maximum atomic E-state index is 12.2. The van der Waals surface area contributed by atoms with Crippen LogP contribution in [-0.4, -0.2) is 59.2 Å². The molecule has 0 atom stereocenters.